The second-order valence-corrected chi connectivity index (χ2v) is 22.8. The Hall–Kier alpha value is -1.66. The molecule has 6 nitrogen and oxygen atoms in total. The number of esters is 1. The van der Waals surface area contributed by atoms with Crippen molar-refractivity contribution in [1.29, 1.82) is 0 Å². The molecule has 6 heteroatoms. The van der Waals surface area contributed by atoms with Gasteiger partial charge >= 0.3 is 5.97 Å². The van der Waals surface area contributed by atoms with Crippen LogP contribution in [0.5, 0.6) is 0 Å². The Morgan fingerprint density at radius 3 is 0.973 bits per heavy atom. The number of nitrogens with one attached hydrogen (secondary N) is 1. The smallest absolute Gasteiger partial charge is 0.305 e. The maximum absolute atomic E-state index is 12.5. The molecular weight excluding hydrogens is 899 g/mol. The standard InChI is InChI=1S/C67H129NO5/c1-3-5-7-9-11-13-15-17-18-19-30-33-37-41-45-49-53-57-61-67(72)73-62-58-54-50-46-42-38-34-31-28-26-24-22-20-21-23-25-27-29-32-36-40-44-48-52-56-60-66(71)68-64(63-69)65(70)59-55-51-47-43-39-35-16-14-12-10-8-6-4-2/h18-19,21,23,64-65,69-70H,3-17,20,22,24-63H2,1-2H3,(H,68,71)/b19-18-,23-21-. The van der Waals surface area contributed by atoms with Crippen molar-refractivity contribution in [1.82, 2.24) is 5.32 Å². The van der Waals surface area contributed by atoms with E-state index in [0.29, 0.717) is 25.9 Å². The second kappa shape index (κ2) is 62.9. The molecule has 0 fully saturated rings. The van der Waals surface area contributed by atoms with Gasteiger partial charge < -0.3 is 20.3 Å². The fraction of sp³-hybridized carbons (Fsp3) is 0.910. The Morgan fingerprint density at radius 1 is 0.370 bits per heavy atom. The van der Waals surface area contributed by atoms with Crippen molar-refractivity contribution in [2.45, 2.75) is 379 Å². The first-order valence-electron chi connectivity index (χ1n) is 33.1. The largest absolute Gasteiger partial charge is 0.466 e. The summed E-state index contributed by atoms with van der Waals surface area (Å²) >= 11 is 0. The maximum atomic E-state index is 12.5. The highest BCUT2D eigenvalue weighted by molar-refractivity contribution is 5.76. The number of amides is 1. The van der Waals surface area contributed by atoms with Crippen LogP contribution < -0.4 is 5.32 Å². The molecule has 0 aliphatic carbocycles. The van der Waals surface area contributed by atoms with E-state index in [1.165, 1.54) is 289 Å². The molecule has 0 aromatic rings. The number of carbonyl (C=O) groups excluding carboxylic acids is 2. The predicted octanol–water partition coefficient (Wildman–Crippen LogP) is 21.0. The second-order valence-electron chi connectivity index (χ2n) is 22.8. The quantitative estimate of drug-likeness (QED) is 0.0320. The number of unbranched alkanes of at least 4 members (excludes halogenated alkanes) is 47. The van der Waals surface area contributed by atoms with Gasteiger partial charge in [-0.05, 0) is 77.0 Å². The average Bonchev–Trinajstić information content (AvgIpc) is 3.39. The Kier molecular flexibility index (Phi) is 61.4. The molecule has 0 radical (unpaired) electrons. The minimum absolute atomic E-state index is 0.0111. The van der Waals surface area contributed by atoms with Gasteiger partial charge in [-0.25, -0.2) is 0 Å². The van der Waals surface area contributed by atoms with E-state index in [-0.39, 0.29) is 18.5 Å². The van der Waals surface area contributed by atoms with Crippen LogP contribution in [0, 0.1) is 0 Å². The van der Waals surface area contributed by atoms with Gasteiger partial charge in [-0.15, -0.1) is 0 Å². The molecule has 0 bridgehead atoms. The van der Waals surface area contributed by atoms with Crippen molar-refractivity contribution in [2.24, 2.45) is 0 Å². The van der Waals surface area contributed by atoms with Gasteiger partial charge in [0.1, 0.15) is 0 Å². The summed E-state index contributed by atoms with van der Waals surface area (Å²) in [5.41, 5.74) is 0. The molecule has 0 saturated carbocycles. The summed E-state index contributed by atoms with van der Waals surface area (Å²) in [7, 11) is 0. The third-order valence-electron chi connectivity index (χ3n) is 15.5. The SMILES string of the molecule is CCCCCCCCC/C=C\CCCCCCCCCC(=O)OCCCCCCCCCCCCCC/C=C\CCCCCCCCCCCC(=O)NC(CO)C(O)CCCCCCCCCCCCCCC. The van der Waals surface area contributed by atoms with Gasteiger partial charge in [0.2, 0.25) is 5.91 Å². The number of ether oxygens (including phenoxy) is 1. The zero-order chi connectivity index (χ0) is 52.9. The fourth-order valence-corrected chi connectivity index (χ4v) is 10.4. The lowest BCUT2D eigenvalue weighted by molar-refractivity contribution is -0.143. The number of allylic oxidation sites excluding steroid dienone is 4. The molecule has 0 spiro atoms. The molecule has 3 N–H and O–H groups in total. The summed E-state index contributed by atoms with van der Waals surface area (Å²) < 4.78 is 5.50. The average molecular weight is 1030 g/mol. The molecule has 0 heterocycles. The number of hydrogen-bond donors (Lipinski definition) is 3. The normalized spacial score (nSPS) is 12.7. The maximum Gasteiger partial charge on any atom is 0.305 e. The van der Waals surface area contributed by atoms with Crippen LogP contribution in [0.4, 0.5) is 0 Å². The lowest BCUT2D eigenvalue weighted by atomic mass is 10.0. The fourth-order valence-electron chi connectivity index (χ4n) is 10.4. The van der Waals surface area contributed by atoms with E-state index in [9.17, 15) is 19.8 Å². The van der Waals surface area contributed by atoms with Crippen molar-refractivity contribution in [2.75, 3.05) is 13.2 Å². The number of aliphatic hydroxyl groups is 2. The van der Waals surface area contributed by atoms with Crippen LogP contribution in [-0.2, 0) is 14.3 Å². The Morgan fingerprint density at radius 2 is 0.644 bits per heavy atom. The molecule has 2 unspecified atom stereocenters. The monoisotopic (exact) mass is 1030 g/mol. The number of aliphatic hydroxyl groups excluding tert-OH is 2. The van der Waals surface area contributed by atoms with Crippen molar-refractivity contribution in [3.8, 4) is 0 Å². The van der Waals surface area contributed by atoms with Crippen LogP contribution >= 0.6 is 0 Å². The van der Waals surface area contributed by atoms with E-state index in [2.05, 4.69) is 43.5 Å². The van der Waals surface area contributed by atoms with Gasteiger partial charge in [-0.3, -0.25) is 9.59 Å². The zero-order valence-corrected chi connectivity index (χ0v) is 49.4. The minimum atomic E-state index is -0.665. The topological polar surface area (TPSA) is 95.9 Å². The third kappa shape index (κ3) is 59.4. The molecule has 0 saturated heterocycles. The molecule has 0 aromatic heterocycles. The van der Waals surface area contributed by atoms with Crippen LogP contribution in [-0.4, -0.2) is 47.4 Å². The highest BCUT2D eigenvalue weighted by Gasteiger charge is 2.20. The summed E-state index contributed by atoms with van der Waals surface area (Å²) in [5.74, 6) is -0.0256. The first-order chi connectivity index (χ1) is 36.0. The Bertz CT molecular complexity index is 1140. The third-order valence-corrected chi connectivity index (χ3v) is 15.5. The van der Waals surface area contributed by atoms with Gasteiger partial charge in [0.15, 0.2) is 0 Å². The Labute approximate surface area is 456 Å². The highest BCUT2D eigenvalue weighted by Crippen LogP contribution is 2.18. The summed E-state index contributed by atoms with van der Waals surface area (Å²) in [6.45, 7) is 4.97. The van der Waals surface area contributed by atoms with Crippen LogP contribution in [0.15, 0.2) is 24.3 Å². The molecule has 0 aromatic carbocycles. The first kappa shape index (κ1) is 71.3. The molecule has 0 rings (SSSR count). The van der Waals surface area contributed by atoms with E-state index in [1.807, 2.05) is 0 Å². The summed E-state index contributed by atoms with van der Waals surface area (Å²) in [4.78, 5) is 24.6. The summed E-state index contributed by atoms with van der Waals surface area (Å²) in [6.07, 6.45) is 77.8. The van der Waals surface area contributed by atoms with E-state index in [0.717, 1.165) is 44.9 Å². The van der Waals surface area contributed by atoms with Crippen molar-refractivity contribution < 1.29 is 24.5 Å². The molecule has 0 aliphatic heterocycles. The molecule has 432 valence electrons. The lowest BCUT2D eigenvalue weighted by Gasteiger charge is -2.22. The van der Waals surface area contributed by atoms with Crippen LogP contribution in [0.1, 0.15) is 367 Å². The lowest BCUT2D eigenvalue weighted by Crippen LogP contribution is -2.45. The Balaban J connectivity index is 3.37. The van der Waals surface area contributed by atoms with Gasteiger partial charge in [0, 0.05) is 12.8 Å². The van der Waals surface area contributed by atoms with E-state index in [1.54, 1.807) is 0 Å². The van der Waals surface area contributed by atoms with Crippen LogP contribution in [0.2, 0.25) is 0 Å². The number of carbonyl (C=O) groups is 2. The molecule has 1 amide bonds. The molecule has 73 heavy (non-hydrogen) atoms. The van der Waals surface area contributed by atoms with Crippen molar-refractivity contribution in [3.63, 3.8) is 0 Å². The number of rotatable bonds is 62. The van der Waals surface area contributed by atoms with Gasteiger partial charge in [-0.2, -0.15) is 0 Å². The van der Waals surface area contributed by atoms with Crippen LogP contribution in [0.3, 0.4) is 0 Å². The predicted molar refractivity (Wildman–Crippen MR) is 320 cm³/mol. The summed E-state index contributed by atoms with van der Waals surface area (Å²) in [5, 5.41) is 23.3. The first-order valence-corrected chi connectivity index (χ1v) is 33.1. The van der Waals surface area contributed by atoms with E-state index in [4.69, 9.17) is 4.74 Å². The number of hydrogen-bond acceptors (Lipinski definition) is 5. The van der Waals surface area contributed by atoms with Gasteiger partial charge in [0.05, 0.1) is 25.4 Å². The van der Waals surface area contributed by atoms with Crippen molar-refractivity contribution >= 4 is 11.9 Å². The zero-order valence-electron chi connectivity index (χ0n) is 49.4. The molecule has 2 atom stereocenters. The van der Waals surface area contributed by atoms with E-state index >= 15 is 0 Å². The van der Waals surface area contributed by atoms with Gasteiger partial charge in [0.25, 0.3) is 0 Å². The summed E-state index contributed by atoms with van der Waals surface area (Å²) in [6, 6.07) is -0.543. The molecule has 0 aliphatic rings. The molecular formula is C67H129NO5. The van der Waals surface area contributed by atoms with Crippen molar-refractivity contribution in [3.05, 3.63) is 24.3 Å². The van der Waals surface area contributed by atoms with Crippen LogP contribution in [0.25, 0.3) is 0 Å². The minimum Gasteiger partial charge on any atom is -0.466 e. The van der Waals surface area contributed by atoms with Gasteiger partial charge in [-0.1, -0.05) is 301 Å². The van der Waals surface area contributed by atoms with E-state index < -0.39 is 12.1 Å². The highest BCUT2D eigenvalue weighted by atomic mass is 16.5.